The second kappa shape index (κ2) is 6.12. The molecule has 0 unspecified atom stereocenters. The zero-order valence-corrected chi connectivity index (χ0v) is 15.6. The van der Waals surface area contributed by atoms with Crippen molar-refractivity contribution in [2.75, 3.05) is 5.32 Å². The van der Waals surface area contributed by atoms with Crippen molar-refractivity contribution in [2.24, 2.45) is 7.05 Å². The minimum absolute atomic E-state index is 0.118. The van der Waals surface area contributed by atoms with Crippen molar-refractivity contribution >= 4 is 5.95 Å². The molecular formula is C20H23N5O. The van der Waals surface area contributed by atoms with Crippen LogP contribution in [0.3, 0.4) is 0 Å². The Bertz CT molecular complexity index is 961. The number of aryl methyl sites for hydroxylation is 2. The van der Waals surface area contributed by atoms with Crippen LogP contribution >= 0.6 is 0 Å². The Balaban J connectivity index is 1.49. The number of aromatic nitrogens is 4. The van der Waals surface area contributed by atoms with E-state index in [0.29, 0.717) is 12.5 Å². The smallest absolute Gasteiger partial charge is 0.223 e. The summed E-state index contributed by atoms with van der Waals surface area (Å²) in [6, 6.07) is 8.25. The lowest BCUT2D eigenvalue weighted by Crippen LogP contribution is -2.24. The Kier molecular flexibility index (Phi) is 3.90. The first kappa shape index (κ1) is 16.6. The molecule has 0 spiro atoms. The molecule has 6 heteroatoms. The normalized spacial score (nSPS) is 14.8. The Morgan fingerprint density at radius 1 is 1.27 bits per heavy atom. The van der Waals surface area contributed by atoms with Crippen molar-refractivity contribution in [3.05, 3.63) is 53.5 Å². The number of fused-ring (bicyclic) bond motifs is 1. The van der Waals surface area contributed by atoms with Crippen LogP contribution in [0.15, 0.2) is 36.7 Å². The van der Waals surface area contributed by atoms with Crippen molar-refractivity contribution in [3.63, 3.8) is 0 Å². The van der Waals surface area contributed by atoms with Gasteiger partial charge >= 0.3 is 0 Å². The van der Waals surface area contributed by atoms with Gasteiger partial charge in [-0.15, -0.1) is 0 Å². The number of hydrogen-bond donors (Lipinski definition) is 1. The minimum atomic E-state index is -0.118. The standard InChI is InChI=1S/C20H23N5O/c1-13-16(12-25(4)24-13)17-7-8-21-19(23-17)22-11-14-5-6-18-15(9-14)10-20(2,3)26-18/h5-9,12H,10-11H2,1-4H3,(H,21,22,23). The van der Waals surface area contributed by atoms with E-state index in [0.717, 1.165) is 29.1 Å². The van der Waals surface area contributed by atoms with Gasteiger partial charge in [0.25, 0.3) is 0 Å². The fourth-order valence-electron chi connectivity index (χ4n) is 3.40. The van der Waals surface area contributed by atoms with Crippen LogP contribution < -0.4 is 10.1 Å². The van der Waals surface area contributed by atoms with Gasteiger partial charge in [-0.2, -0.15) is 5.10 Å². The predicted molar refractivity (Wildman–Crippen MR) is 101 cm³/mol. The zero-order chi connectivity index (χ0) is 18.3. The molecule has 26 heavy (non-hydrogen) atoms. The first-order chi connectivity index (χ1) is 12.4. The first-order valence-corrected chi connectivity index (χ1v) is 8.78. The van der Waals surface area contributed by atoms with E-state index in [1.165, 1.54) is 11.1 Å². The van der Waals surface area contributed by atoms with E-state index in [1.54, 1.807) is 10.9 Å². The summed E-state index contributed by atoms with van der Waals surface area (Å²) in [7, 11) is 1.91. The average Bonchev–Trinajstić information content (AvgIpc) is 3.09. The fourth-order valence-corrected chi connectivity index (χ4v) is 3.40. The maximum atomic E-state index is 5.94. The molecule has 3 heterocycles. The molecule has 1 aliphatic rings. The molecule has 0 bridgehead atoms. The van der Waals surface area contributed by atoms with Crippen LogP contribution in [0.1, 0.15) is 30.7 Å². The number of anilines is 1. The van der Waals surface area contributed by atoms with E-state index in [-0.39, 0.29) is 5.60 Å². The Morgan fingerprint density at radius 3 is 2.88 bits per heavy atom. The van der Waals surface area contributed by atoms with Gasteiger partial charge in [-0.3, -0.25) is 4.68 Å². The van der Waals surface area contributed by atoms with E-state index in [9.17, 15) is 0 Å². The van der Waals surface area contributed by atoms with Gasteiger partial charge in [0.1, 0.15) is 11.4 Å². The number of hydrogen-bond acceptors (Lipinski definition) is 5. The number of nitrogens with zero attached hydrogens (tertiary/aromatic N) is 4. The summed E-state index contributed by atoms with van der Waals surface area (Å²) < 4.78 is 7.74. The molecule has 3 aromatic rings. The Hall–Kier alpha value is -2.89. The molecule has 1 aromatic carbocycles. The molecule has 0 fully saturated rings. The highest BCUT2D eigenvalue weighted by Gasteiger charge is 2.29. The topological polar surface area (TPSA) is 64.9 Å². The van der Waals surface area contributed by atoms with Gasteiger partial charge in [0.15, 0.2) is 0 Å². The van der Waals surface area contributed by atoms with Crippen LogP contribution in [0.5, 0.6) is 5.75 Å². The van der Waals surface area contributed by atoms with Crippen LogP contribution in [-0.2, 0) is 20.0 Å². The van der Waals surface area contributed by atoms with Gasteiger partial charge in [-0.1, -0.05) is 12.1 Å². The van der Waals surface area contributed by atoms with Crippen LogP contribution in [0.2, 0.25) is 0 Å². The third-order valence-electron chi connectivity index (χ3n) is 4.52. The third kappa shape index (κ3) is 3.27. The number of ether oxygens (including phenoxy) is 1. The lowest BCUT2D eigenvalue weighted by atomic mass is 10.0. The number of benzene rings is 1. The summed E-state index contributed by atoms with van der Waals surface area (Å²) in [5.74, 6) is 1.60. The molecule has 0 saturated heterocycles. The highest BCUT2D eigenvalue weighted by molar-refractivity contribution is 5.61. The van der Waals surface area contributed by atoms with Crippen molar-refractivity contribution in [1.82, 2.24) is 19.7 Å². The molecule has 4 rings (SSSR count). The van der Waals surface area contributed by atoms with Crippen LogP contribution in [0, 0.1) is 6.92 Å². The largest absolute Gasteiger partial charge is 0.487 e. The molecule has 0 amide bonds. The molecule has 6 nitrogen and oxygen atoms in total. The van der Waals surface area contributed by atoms with Gasteiger partial charge in [0.05, 0.1) is 11.4 Å². The van der Waals surface area contributed by atoms with Gasteiger partial charge in [-0.25, -0.2) is 9.97 Å². The molecule has 134 valence electrons. The molecule has 0 radical (unpaired) electrons. The lowest BCUT2D eigenvalue weighted by Gasteiger charge is -2.16. The lowest BCUT2D eigenvalue weighted by molar-refractivity contribution is 0.138. The fraction of sp³-hybridized carbons (Fsp3) is 0.350. The zero-order valence-electron chi connectivity index (χ0n) is 15.6. The number of rotatable bonds is 4. The van der Waals surface area contributed by atoms with E-state index in [2.05, 4.69) is 52.4 Å². The van der Waals surface area contributed by atoms with Gasteiger partial charge < -0.3 is 10.1 Å². The third-order valence-corrected chi connectivity index (χ3v) is 4.52. The highest BCUT2D eigenvalue weighted by Crippen LogP contribution is 2.35. The summed E-state index contributed by atoms with van der Waals surface area (Å²) in [6.45, 7) is 6.89. The summed E-state index contributed by atoms with van der Waals surface area (Å²) in [6.07, 6.45) is 4.68. The molecule has 0 aliphatic carbocycles. The molecule has 0 atom stereocenters. The minimum Gasteiger partial charge on any atom is -0.487 e. The Morgan fingerprint density at radius 2 is 2.12 bits per heavy atom. The maximum absolute atomic E-state index is 5.94. The van der Waals surface area contributed by atoms with Crippen LogP contribution in [-0.4, -0.2) is 25.3 Å². The molecule has 1 N–H and O–H groups in total. The Labute approximate surface area is 153 Å². The van der Waals surface area contributed by atoms with E-state index < -0.39 is 0 Å². The maximum Gasteiger partial charge on any atom is 0.223 e. The quantitative estimate of drug-likeness (QED) is 0.781. The average molecular weight is 349 g/mol. The SMILES string of the molecule is Cc1nn(C)cc1-c1ccnc(NCc2ccc3c(c2)CC(C)(C)O3)n1. The van der Waals surface area contributed by atoms with Crippen LogP contribution in [0.25, 0.3) is 11.3 Å². The summed E-state index contributed by atoms with van der Waals surface area (Å²) >= 11 is 0. The number of nitrogens with one attached hydrogen (secondary N) is 1. The van der Waals surface area contributed by atoms with Crippen molar-refractivity contribution in [1.29, 1.82) is 0 Å². The van der Waals surface area contributed by atoms with Crippen LogP contribution in [0.4, 0.5) is 5.95 Å². The summed E-state index contributed by atoms with van der Waals surface area (Å²) in [4.78, 5) is 8.97. The van der Waals surface area contributed by atoms with Crippen molar-refractivity contribution in [2.45, 2.75) is 39.3 Å². The van der Waals surface area contributed by atoms with Gasteiger partial charge in [-0.05, 0) is 44.0 Å². The monoisotopic (exact) mass is 349 g/mol. The molecule has 0 saturated carbocycles. The summed E-state index contributed by atoms with van der Waals surface area (Å²) in [5, 5.41) is 7.70. The highest BCUT2D eigenvalue weighted by atomic mass is 16.5. The molecule has 1 aliphatic heterocycles. The van der Waals surface area contributed by atoms with Crippen molar-refractivity contribution < 1.29 is 4.74 Å². The first-order valence-electron chi connectivity index (χ1n) is 8.78. The predicted octanol–water partition coefficient (Wildman–Crippen LogP) is 3.51. The summed E-state index contributed by atoms with van der Waals surface area (Å²) in [5.41, 5.74) is 5.19. The van der Waals surface area contributed by atoms with E-state index >= 15 is 0 Å². The van der Waals surface area contributed by atoms with E-state index in [1.807, 2.05) is 26.2 Å². The second-order valence-electron chi connectivity index (χ2n) is 7.40. The van der Waals surface area contributed by atoms with Crippen molar-refractivity contribution in [3.8, 4) is 17.0 Å². The van der Waals surface area contributed by atoms with Gasteiger partial charge in [0.2, 0.25) is 5.95 Å². The second-order valence-corrected chi connectivity index (χ2v) is 7.40. The van der Waals surface area contributed by atoms with Gasteiger partial charge in [0, 0.05) is 38.0 Å². The molecular weight excluding hydrogens is 326 g/mol. The van der Waals surface area contributed by atoms with E-state index in [4.69, 9.17) is 4.74 Å². The molecule has 2 aromatic heterocycles.